The molecule has 1 atom stereocenters. The van der Waals surface area contributed by atoms with E-state index in [9.17, 15) is 0 Å². The Hall–Kier alpha value is -0.470. The molecule has 0 aliphatic carbocycles. The van der Waals surface area contributed by atoms with Crippen molar-refractivity contribution < 1.29 is 4.74 Å². The van der Waals surface area contributed by atoms with Crippen LogP contribution in [-0.4, -0.2) is 48.1 Å². The normalized spacial score (nSPS) is 17.3. The van der Waals surface area contributed by atoms with E-state index < -0.39 is 0 Å². The van der Waals surface area contributed by atoms with Crippen molar-refractivity contribution in [2.75, 3.05) is 42.6 Å². The molecule has 0 radical (unpaired) electrons. The predicted octanol–water partition coefficient (Wildman–Crippen LogP) is 2.35. The van der Waals surface area contributed by atoms with Crippen molar-refractivity contribution in [1.82, 2.24) is 9.97 Å². The molecule has 4 N–H and O–H groups in total. The lowest BCUT2D eigenvalue weighted by Crippen LogP contribution is -2.43. The van der Waals surface area contributed by atoms with Crippen LogP contribution in [0.2, 0.25) is 0 Å². The molecule has 0 aromatic carbocycles. The number of halogens is 2. The third-order valence-corrected chi connectivity index (χ3v) is 4.33. The molecular weight excluding hydrogens is 357 g/mol. The highest BCUT2D eigenvalue weighted by atomic mass is 35.5. The van der Waals surface area contributed by atoms with Crippen LogP contribution in [0, 0.1) is 0 Å². The number of aromatic nitrogens is 2. The fourth-order valence-electron chi connectivity index (χ4n) is 2.25. The van der Waals surface area contributed by atoms with Crippen molar-refractivity contribution in [3.05, 3.63) is 6.07 Å². The van der Waals surface area contributed by atoms with Crippen LogP contribution in [0.4, 0.5) is 11.6 Å². The maximum absolute atomic E-state index is 5.92. The van der Waals surface area contributed by atoms with Gasteiger partial charge in [0.25, 0.3) is 0 Å². The van der Waals surface area contributed by atoms with Crippen LogP contribution in [0.15, 0.2) is 11.2 Å². The van der Waals surface area contributed by atoms with E-state index >= 15 is 0 Å². The first kappa shape index (κ1) is 22.5. The molecule has 134 valence electrons. The van der Waals surface area contributed by atoms with Gasteiger partial charge in [0.05, 0.1) is 12.7 Å². The summed E-state index contributed by atoms with van der Waals surface area (Å²) >= 11 is 1.67. The summed E-state index contributed by atoms with van der Waals surface area (Å²) < 4.78 is 5.71. The minimum absolute atomic E-state index is 0. The zero-order chi connectivity index (χ0) is 15.1. The summed E-state index contributed by atoms with van der Waals surface area (Å²) in [6.07, 6.45) is 3.38. The zero-order valence-electron chi connectivity index (χ0n) is 13.4. The van der Waals surface area contributed by atoms with E-state index in [1.165, 1.54) is 6.42 Å². The van der Waals surface area contributed by atoms with Crippen LogP contribution in [0.1, 0.15) is 26.2 Å². The quantitative estimate of drug-likeness (QED) is 0.424. The van der Waals surface area contributed by atoms with E-state index in [1.54, 1.807) is 11.8 Å². The SMILES string of the molecule is CCCCSc1nc(N)cc(N2CCOC(CCN)C2)n1.Cl.Cl. The highest BCUT2D eigenvalue weighted by Crippen LogP contribution is 2.23. The second kappa shape index (κ2) is 12.0. The van der Waals surface area contributed by atoms with E-state index in [-0.39, 0.29) is 30.9 Å². The largest absolute Gasteiger partial charge is 0.383 e. The van der Waals surface area contributed by atoms with Crippen molar-refractivity contribution in [2.45, 2.75) is 37.4 Å². The number of anilines is 2. The number of hydrogen-bond donors (Lipinski definition) is 2. The van der Waals surface area contributed by atoms with Gasteiger partial charge in [-0.05, 0) is 19.4 Å². The Morgan fingerprint density at radius 1 is 1.39 bits per heavy atom. The number of ether oxygens (including phenoxy) is 1. The molecular formula is C14H27Cl2N5OS. The van der Waals surface area contributed by atoms with E-state index in [0.717, 1.165) is 42.7 Å². The molecule has 1 fully saturated rings. The molecule has 0 spiro atoms. The topological polar surface area (TPSA) is 90.3 Å². The molecule has 2 heterocycles. The molecule has 2 rings (SSSR count). The summed E-state index contributed by atoms with van der Waals surface area (Å²) in [5, 5.41) is 0.764. The Balaban J connectivity index is 0.00000242. The van der Waals surface area contributed by atoms with Gasteiger partial charge in [0.15, 0.2) is 5.16 Å². The summed E-state index contributed by atoms with van der Waals surface area (Å²) in [5.41, 5.74) is 11.5. The Morgan fingerprint density at radius 2 is 2.17 bits per heavy atom. The van der Waals surface area contributed by atoms with Crippen LogP contribution in [0.3, 0.4) is 0 Å². The number of morpholine rings is 1. The standard InChI is InChI=1S/C14H25N5OS.2ClH/c1-2-3-8-21-14-17-12(16)9-13(18-14)19-6-7-20-11(10-19)4-5-15;;/h9,11H,2-8,10,15H2,1H3,(H2,16,17,18);2*1H. The summed E-state index contributed by atoms with van der Waals surface area (Å²) in [6.45, 7) is 5.16. The number of unbranched alkanes of at least 4 members (excludes halogenated alkanes) is 1. The van der Waals surface area contributed by atoms with Gasteiger partial charge in [0, 0.05) is 24.9 Å². The summed E-state index contributed by atoms with van der Waals surface area (Å²) in [4.78, 5) is 11.2. The molecule has 1 aliphatic rings. The number of nitrogens with two attached hydrogens (primary N) is 2. The fourth-order valence-corrected chi connectivity index (χ4v) is 3.20. The summed E-state index contributed by atoms with van der Waals surface area (Å²) in [5.74, 6) is 2.45. The first-order chi connectivity index (χ1) is 10.2. The average Bonchev–Trinajstić information content (AvgIpc) is 2.48. The Kier molecular flexibility index (Phi) is 11.7. The van der Waals surface area contributed by atoms with Gasteiger partial charge in [0.1, 0.15) is 11.6 Å². The number of rotatable bonds is 7. The third-order valence-electron chi connectivity index (χ3n) is 3.39. The minimum Gasteiger partial charge on any atom is -0.383 e. The molecule has 0 bridgehead atoms. The first-order valence-corrected chi connectivity index (χ1v) is 8.55. The zero-order valence-corrected chi connectivity index (χ0v) is 15.9. The smallest absolute Gasteiger partial charge is 0.191 e. The van der Waals surface area contributed by atoms with E-state index in [2.05, 4.69) is 21.8 Å². The molecule has 1 saturated heterocycles. The number of hydrogen-bond acceptors (Lipinski definition) is 7. The molecule has 1 aromatic rings. The molecule has 1 aliphatic heterocycles. The predicted molar refractivity (Wildman–Crippen MR) is 102 cm³/mol. The molecule has 0 saturated carbocycles. The Bertz CT molecular complexity index is 453. The summed E-state index contributed by atoms with van der Waals surface area (Å²) in [6, 6.07) is 1.84. The number of nitrogen functional groups attached to an aromatic ring is 1. The maximum atomic E-state index is 5.92. The van der Waals surface area contributed by atoms with E-state index in [0.29, 0.717) is 19.0 Å². The summed E-state index contributed by atoms with van der Waals surface area (Å²) in [7, 11) is 0. The molecule has 0 amide bonds. The van der Waals surface area contributed by atoms with Gasteiger partial charge in [0.2, 0.25) is 0 Å². The molecule has 6 nitrogen and oxygen atoms in total. The van der Waals surface area contributed by atoms with Crippen LogP contribution >= 0.6 is 36.6 Å². The van der Waals surface area contributed by atoms with E-state index in [1.807, 2.05) is 6.07 Å². The third kappa shape index (κ3) is 7.30. The van der Waals surface area contributed by atoms with Crippen molar-refractivity contribution in [2.24, 2.45) is 5.73 Å². The maximum Gasteiger partial charge on any atom is 0.191 e. The Labute approximate surface area is 154 Å². The molecule has 1 unspecified atom stereocenters. The Morgan fingerprint density at radius 3 is 2.87 bits per heavy atom. The number of thioether (sulfide) groups is 1. The highest BCUT2D eigenvalue weighted by Gasteiger charge is 2.21. The van der Waals surface area contributed by atoms with Crippen LogP contribution in [0.25, 0.3) is 0 Å². The van der Waals surface area contributed by atoms with Gasteiger partial charge in [-0.1, -0.05) is 25.1 Å². The minimum atomic E-state index is 0. The van der Waals surface area contributed by atoms with E-state index in [4.69, 9.17) is 16.2 Å². The van der Waals surface area contributed by atoms with Gasteiger partial charge < -0.3 is 21.1 Å². The van der Waals surface area contributed by atoms with Crippen molar-refractivity contribution in [1.29, 1.82) is 0 Å². The van der Waals surface area contributed by atoms with Gasteiger partial charge in [-0.15, -0.1) is 24.8 Å². The van der Waals surface area contributed by atoms with Crippen molar-refractivity contribution >= 4 is 48.2 Å². The van der Waals surface area contributed by atoms with Gasteiger partial charge in [-0.2, -0.15) is 0 Å². The lowest BCUT2D eigenvalue weighted by Gasteiger charge is -2.33. The average molecular weight is 384 g/mol. The lowest BCUT2D eigenvalue weighted by atomic mass is 10.2. The van der Waals surface area contributed by atoms with Gasteiger partial charge in [-0.25, -0.2) is 9.97 Å². The first-order valence-electron chi connectivity index (χ1n) is 7.57. The monoisotopic (exact) mass is 383 g/mol. The molecule has 23 heavy (non-hydrogen) atoms. The van der Waals surface area contributed by atoms with Crippen LogP contribution < -0.4 is 16.4 Å². The second-order valence-corrected chi connectivity index (χ2v) is 6.21. The lowest BCUT2D eigenvalue weighted by molar-refractivity contribution is 0.0366. The van der Waals surface area contributed by atoms with Gasteiger partial charge >= 0.3 is 0 Å². The van der Waals surface area contributed by atoms with Crippen molar-refractivity contribution in [3.63, 3.8) is 0 Å². The highest BCUT2D eigenvalue weighted by molar-refractivity contribution is 7.99. The fraction of sp³-hybridized carbons (Fsp3) is 0.714. The second-order valence-electron chi connectivity index (χ2n) is 5.15. The molecule has 9 heteroatoms. The number of nitrogens with zero attached hydrogens (tertiary/aromatic N) is 3. The van der Waals surface area contributed by atoms with Crippen molar-refractivity contribution in [3.8, 4) is 0 Å². The van der Waals surface area contributed by atoms with Crippen LogP contribution in [-0.2, 0) is 4.74 Å². The molecule has 1 aromatic heterocycles. The van der Waals surface area contributed by atoms with Crippen LogP contribution in [0.5, 0.6) is 0 Å². The van der Waals surface area contributed by atoms with Gasteiger partial charge in [-0.3, -0.25) is 0 Å².